The molecule has 0 N–H and O–H groups in total. The van der Waals surface area contributed by atoms with Crippen molar-refractivity contribution in [2.75, 3.05) is 13.2 Å². The monoisotopic (exact) mass is 263 g/mol. The average Bonchev–Trinajstić information content (AvgIpc) is 2.39. The highest BCUT2D eigenvalue weighted by Gasteiger charge is 2.12. The van der Waals surface area contributed by atoms with E-state index in [9.17, 15) is 4.39 Å². The summed E-state index contributed by atoms with van der Waals surface area (Å²) in [7, 11) is 0. The van der Waals surface area contributed by atoms with Gasteiger partial charge in [0.25, 0.3) is 0 Å². The molecule has 92 valence electrons. The van der Waals surface area contributed by atoms with Crippen LogP contribution >= 0.6 is 11.8 Å². The Labute approximate surface area is 108 Å². The van der Waals surface area contributed by atoms with Gasteiger partial charge in [-0.05, 0) is 30.3 Å². The van der Waals surface area contributed by atoms with Crippen molar-refractivity contribution >= 4 is 11.8 Å². The Morgan fingerprint density at radius 2 is 1.89 bits per heavy atom. The lowest BCUT2D eigenvalue weighted by molar-refractivity contribution is 0.171. The molecule has 18 heavy (non-hydrogen) atoms. The zero-order chi connectivity index (χ0) is 12.4. The number of hydrogen-bond donors (Lipinski definition) is 0. The number of hydrogen-bond acceptors (Lipinski definition) is 4. The molecule has 0 amide bonds. The van der Waals surface area contributed by atoms with E-state index in [2.05, 4.69) is 4.98 Å². The standard InChI is InChI=1S/C13H10FNO2S/c14-12-2-1-3-13(15-12)18-9-4-5-10-11(8-9)17-7-6-16-10/h1-5,8H,6-7H2. The normalized spacial score (nSPS) is 13.4. The lowest BCUT2D eigenvalue weighted by Gasteiger charge is -2.18. The van der Waals surface area contributed by atoms with Gasteiger partial charge in [0.15, 0.2) is 11.5 Å². The Bertz CT molecular complexity index is 577. The second kappa shape index (κ2) is 4.86. The minimum atomic E-state index is -0.474. The van der Waals surface area contributed by atoms with Gasteiger partial charge in [0.05, 0.1) is 0 Å². The number of fused-ring (bicyclic) bond motifs is 1. The van der Waals surface area contributed by atoms with E-state index in [0.717, 1.165) is 16.4 Å². The molecule has 1 aliphatic heterocycles. The molecule has 1 aliphatic rings. The van der Waals surface area contributed by atoms with Crippen molar-refractivity contribution in [3.63, 3.8) is 0 Å². The second-order valence-electron chi connectivity index (χ2n) is 3.71. The SMILES string of the molecule is Fc1cccc(Sc2ccc3c(c2)OCCO3)n1. The maximum Gasteiger partial charge on any atom is 0.213 e. The molecule has 5 heteroatoms. The molecule has 1 aromatic carbocycles. The van der Waals surface area contributed by atoms with Crippen LogP contribution in [-0.4, -0.2) is 18.2 Å². The number of aromatic nitrogens is 1. The van der Waals surface area contributed by atoms with Crippen molar-refractivity contribution in [1.82, 2.24) is 4.98 Å². The van der Waals surface area contributed by atoms with Crippen molar-refractivity contribution < 1.29 is 13.9 Å². The fourth-order valence-electron chi connectivity index (χ4n) is 1.65. The van der Waals surface area contributed by atoms with Crippen LogP contribution in [0.3, 0.4) is 0 Å². The highest BCUT2D eigenvalue weighted by molar-refractivity contribution is 7.99. The average molecular weight is 263 g/mol. The van der Waals surface area contributed by atoms with Crippen LogP contribution in [0.5, 0.6) is 11.5 Å². The summed E-state index contributed by atoms with van der Waals surface area (Å²) in [4.78, 5) is 4.75. The first-order valence-electron chi connectivity index (χ1n) is 5.51. The number of halogens is 1. The molecule has 3 rings (SSSR count). The van der Waals surface area contributed by atoms with E-state index >= 15 is 0 Å². The summed E-state index contributed by atoms with van der Waals surface area (Å²) in [5.41, 5.74) is 0. The Balaban J connectivity index is 1.85. The molecule has 1 aromatic heterocycles. The number of rotatable bonds is 2. The quantitative estimate of drug-likeness (QED) is 0.779. The molecule has 0 saturated heterocycles. The van der Waals surface area contributed by atoms with Crippen LogP contribution in [0.2, 0.25) is 0 Å². The number of pyridine rings is 1. The Morgan fingerprint density at radius 1 is 1.06 bits per heavy atom. The molecule has 0 saturated carbocycles. The molecular formula is C13H10FNO2S. The van der Waals surface area contributed by atoms with Gasteiger partial charge >= 0.3 is 0 Å². The predicted octanol–water partition coefficient (Wildman–Crippen LogP) is 3.14. The van der Waals surface area contributed by atoms with E-state index in [0.29, 0.717) is 18.2 Å². The first-order valence-corrected chi connectivity index (χ1v) is 6.33. The minimum absolute atomic E-state index is 0.474. The maximum atomic E-state index is 13.0. The lowest BCUT2D eigenvalue weighted by Crippen LogP contribution is -2.15. The van der Waals surface area contributed by atoms with Crippen LogP contribution in [0.25, 0.3) is 0 Å². The third kappa shape index (κ3) is 2.41. The van der Waals surface area contributed by atoms with E-state index in [4.69, 9.17) is 9.47 Å². The minimum Gasteiger partial charge on any atom is -0.486 e. The molecule has 0 fully saturated rings. The molecule has 0 spiro atoms. The number of benzene rings is 1. The Kier molecular flexibility index (Phi) is 3.06. The summed E-state index contributed by atoms with van der Waals surface area (Å²) in [5, 5.41) is 0.617. The van der Waals surface area contributed by atoms with E-state index in [1.165, 1.54) is 17.8 Å². The zero-order valence-corrected chi connectivity index (χ0v) is 10.2. The molecule has 0 atom stereocenters. The van der Waals surface area contributed by atoms with Gasteiger partial charge in [-0.15, -0.1) is 0 Å². The highest BCUT2D eigenvalue weighted by atomic mass is 32.2. The molecule has 0 radical (unpaired) electrons. The Hall–Kier alpha value is -1.75. The van der Waals surface area contributed by atoms with Crippen molar-refractivity contribution in [2.24, 2.45) is 0 Å². The van der Waals surface area contributed by atoms with Crippen molar-refractivity contribution in [3.05, 3.63) is 42.3 Å². The highest BCUT2D eigenvalue weighted by Crippen LogP contribution is 2.36. The fraction of sp³-hybridized carbons (Fsp3) is 0.154. The molecule has 0 aliphatic carbocycles. The number of ether oxygens (including phenoxy) is 2. The topological polar surface area (TPSA) is 31.4 Å². The number of nitrogens with zero attached hydrogens (tertiary/aromatic N) is 1. The summed E-state index contributed by atoms with van der Waals surface area (Å²) in [6, 6.07) is 10.4. The van der Waals surface area contributed by atoms with Gasteiger partial charge in [0, 0.05) is 4.90 Å². The van der Waals surface area contributed by atoms with Crippen molar-refractivity contribution in [1.29, 1.82) is 0 Å². The van der Waals surface area contributed by atoms with Gasteiger partial charge in [-0.25, -0.2) is 4.98 Å². The van der Waals surface area contributed by atoms with E-state index < -0.39 is 5.95 Å². The van der Waals surface area contributed by atoms with Gasteiger partial charge in [-0.3, -0.25) is 0 Å². The van der Waals surface area contributed by atoms with Gasteiger partial charge in [0.2, 0.25) is 5.95 Å². The summed E-state index contributed by atoms with van der Waals surface area (Å²) in [5.74, 6) is 0.998. The van der Waals surface area contributed by atoms with Crippen LogP contribution in [-0.2, 0) is 0 Å². The summed E-state index contributed by atoms with van der Waals surface area (Å²) < 4.78 is 23.9. The Morgan fingerprint density at radius 3 is 2.72 bits per heavy atom. The summed E-state index contributed by atoms with van der Waals surface area (Å²) >= 11 is 1.39. The molecule has 3 nitrogen and oxygen atoms in total. The lowest BCUT2D eigenvalue weighted by atomic mass is 10.3. The van der Waals surface area contributed by atoms with Crippen molar-refractivity contribution in [2.45, 2.75) is 9.92 Å². The summed E-state index contributed by atoms with van der Waals surface area (Å²) in [6.45, 7) is 1.13. The second-order valence-corrected chi connectivity index (χ2v) is 4.80. The summed E-state index contributed by atoms with van der Waals surface area (Å²) in [6.07, 6.45) is 0. The maximum absolute atomic E-state index is 13.0. The first-order chi connectivity index (χ1) is 8.81. The first kappa shape index (κ1) is 11.3. The predicted molar refractivity (Wildman–Crippen MR) is 65.8 cm³/mol. The van der Waals surface area contributed by atoms with E-state index in [-0.39, 0.29) is 0 Å². The van der Waals surface area contributed by atoms with E-state index in [1.54, 1.807) is 12.1 Å². The molecule has 0 unspecified atom stereocenters. The van der Waals surface area contributed by atoms with Gasteiger partial charge in [-0.2, -0.15) is 4.39 Å². The third-order valence-corrected chi connectivity index (χ3v) is 3.35. The largest absolute Gasteiger partial charge is 0.486 e. The van der Waals surface area contributed by atoms with Crippen LogP contribution in [0.4, 0.5) is 4.39 Å². The van der Waals surface area contributed by atoms with Crippen LogP contribution in [0.15, 0.2) is 46.3 Å². The van der Waals surface area contributed by atoms with E-state index in [1.807, 2.05) is 18.2 Å². The molecular weight excluding hydrogens is 253 g/mol. The van der Waals surface area contributed by atoms with Crippen molar-refractivity contribution in [3.8, 4) is 11.5 Å². The van der Waals surface area contributed by atoms with Crippen LogP contribution in [0.1, 0.15) is 0 Å². The zero-order valence-electron chi connectivity index (χ0n) is 9.43. The fourth-order valence-corrected chi connectivity index (χ4v) is 2.48. The van der Waals surface area contributed by atoms with Gasteiger partial charge in [0.1, 0.15) is 18.2 Å². The smallest absolute Gasteiger partial charge is 0.213 e. The molecule has 0 bridgehead atoms. The third-order valence-electron chi connectivity index (χ3n) is 2.43. The molecule has 2 heterocycles. The van der Waals surface area contributed by atoms with Crippen LogP contribution in [0, 0.1) is 5.95 Å². The van der Waals surface area contributed by atoms with Gasteiger partial charge < -0.3 is 9.47 Å². The molecule has 2 aromatic rings. The van der Waals surface area contributed by atoms with Gasteiger partial charge in [-0.1, -0.05) is 17.8 Å². The van der Waals surface area contributed by atoms with Crippen LogP contribution < -0.4 is 9.47 Å².